The van der Waals surface area contributed by atoms with Gasteiger partial charge in [0.2, 0.25) is 0 Å². The molecular formula is C20H22N6O3. The summed E-state index contributed by atoms with van der Waals surface area (Å²) in [4.78, 5) is 31.8. The normalized spacial score (nSPS) is 10.9. The standard InChI is InChI=1S/C20H22N6O3/c1-23(2)10-11-24(13-16-6-4-3-5-7-16)20(27)17-8-9-18(19(12-17)26(28)29)25-15-21-14-22-25/h3-9,12,14-15H,10-11,13H2,1-2H3. The van der Waals surface area contributed by atoms with Crippen molar-refractivity contribution >= 4 is 11.6 Å². The minimum atomic E-state index is -0.519. The van der Waals surface area contributed by atoms with Crippen LogP contribution in [0.4, 0.5) is 5.69 Å². The van der Waals surface area contributed by atoms with Gasteiger partial charge in [-0.2, -0.15) is 5.10 Å². The summed E-state index contributed by atoms with van der Waals surface area (Å²) in [5.74, 6) is -0.260. The van der Waals surface area contributed by atoms with Crippen LogP contribution in [0.3, 0.4) is 0 Å². The highest BCUT2D eigenvalue weighted by atomic mass is 16.6. The molecule has 0 fully saturated rings. The average Bonchev–Trinajstić information content (AvgIpc) is 3.25. The van der Waals surface area contributed by atoms with Crippen molar-refractivity contribution < 1.29 is 9.72 Å². The van der Waals surface area contributed by atoms with Crippen molar-refractivity contribution in [2.24, 2.45) is 0 Å². The summed E-state index contributed by atoms with van der Waals surface area (Å²) in [6, 6.07) is 14.1. The van der Waals surface area contributed by atoms with Gasteiger partial charge in [0.05, 0.1) is 4.92 Å². The Hall–Kier alpha value is -3.59. The first kappa shape index (κ1) is 20.2. The van der Waals surface area contributed by atoms with Gasteiger partial charge in [0.1, 0.15) is 18.3 Å². The van der Waals surface area contributed by atoms with E-state index in [-0.39, 0.29) is 22.8 Å². The van der Waals surface area contributed by atoms with Crippen LogP contribution in [0.5, 0.6) is 0 Å². The largest absolute Gasteiger partial charge is 0.333 e. The molecule has 9 nitrogen and oxygen atoms in total. The van der Waals surface area contributed by atoms with E-state index in [9.17, 15) is 14.9 Å². The van der Waals surface area contributed by atoms with Crippen molar-refractivity contribution in [3.8, 4) is 5.69 Å². The number of nitro benzene ring substituents is 1. The molecule has 0 aliphatic rings. The van der Waals surface area contributed by atoms with Gasteiger partial charge in [0.25, 0.3) is 11.6 Å². The average molecular weight is 394 g/mol. The second-order valence-electron chi connectivity index (χ2n) is 6.82. The van der Waals surface area contributed by atoms with Crippen LogP contribution < -0.4 is 0 Å². The summed E-state index contributed by atoms with van der Waals surface area (Å²) < 4.78 is 1.31. The molecule has 9 heteroatoms. The van der Waals surface area contributed by atoms with Gasteiger partial charge in [0, 0.05) is 31.3 Å². The Morgan fingerprint density at radius 2 is 1.90 bits per heavy atom. The highest BCUT2D eigenvalue weighted by molar-refractivity contribution is 5.95. The monoisotopic (exact) mass is 394 g/mol. The fourth-order valence-electron chi connectivity index (χ4n) is 2.89. The van der Waals surface area contributed by atoms with Crippen molar-refractivity contribution in [2.45, 2.75) is 6.54 Å². The van der Waals surface area contributed by atoms with E-state index in [1.54, 1.807) is 11.0 Å². The summed E-state index contributed by atoms with van der Waals surface area (Å²) in [6.45, 7) is 1.60. The fraction of sp³-hybridized carbons (Fsp3) is 0.250. The lowest BCUT2D eigenvalue weighted by Gasteiger charge is -2.25. The van der Waals surface area contributed by atoms with Gasteiger partial charge < -0.3 is 9.80 Å². The third kappa shape index (κ3) is 5.02. The first-order valence-electron chi connectivity index (χ1n) is 9.07. The van der Waals surface area contributed by atoms with Crippen LogP contribution in [-0.2, 0) is 6.54 Å². The molecule has 1 aromatic heterocycles. The van der Waals surface area contributed by atoms with Crippen molar-refractivity contribution in [2.75, 3.05) is 27.2 Å². The van der Waals surface area contributed by atoms with Crippen molar-refractivity contribution in [1.29, 1.82) is 0 Å². The quantitative estimate of drug-likeness (QED) is 0.430. The number of benzene rings is 2. The number of carbonyl (C=O) groups is 1. The van der Waals surface area contributed by atoms with Crippen LogP contribution in [0.2, 0.25) is 0 Å². The lowest BCUT2D eigenvalue weighted by Crippen LogP contribution is -2.36. The van der Waals surface area contributed by atoms with Gasteiger partial charge in [-0.1, -0.05) is 30.3 Å². The Labute approximate surface area is 168 Å². The molecule has 0 radical (unpaired) electrons. The van der Waals surface area contributed by atoms with Crippen LogP contribution >= 0.6 is 0 Å². The summed E-state index contributed by atoms with van der Waals surface area (Å²) >= 11 is 0. The number of carbonyl (C=O) groups excluding carboxylic acids is 1. The van der Waals surface area contributed by atoms with Gasteiger partial charge in [0.15, 0.2) is 0 Å². The van der Waals surface area contributed by atoms with Gasteiger partial charge >= 0.3 is 0 Å². The zero-order valence-corrected chi connectivity index (χ0v) is 16.3. The zero-order valence-electron chi connectivity index (χ0n) is 16.3. The van der Waals surface area contributed by atoms with Crippen LogP contribution in [0.15, 0.2) is 61.2 Å². The molecule has 0 aliphatic heterocycles. The lowest BCUT2D eigenvalue weighted by molar-refractivity contribution is -0.384. The first-order chi connectivity index (χ1) is 14.0. The number of amides is 1. The minimum absolute atomic E-state index is 0.200. The van der Waals surface area contributed by atoms with Crippen molar-refractivity contribution in [1.82, 2.24) is 24.6 Å². The third-order valence-electron chi connectivity index (χ3n) is 4.41. The molecule has 0 saturated heterocycles. The molecular weight excluding hydrogens is 372 g/mol. The molecule has 0 bridgehead atoms. The van der Waals surface area contributed by atoms with Crippen LogP contribution in [0.25, 0.3) is 5.69 Å². The Bertz CT molecular complexity index is 973. The highest BCUT2D eigenvalue weighted by Crippen LogP contribution is 2.24. The molecule has 3 rings (SSSR count). The highest BCUT2D eigenvalue weighted by Gasteiger charge is 2.22. The molecule has 0 N–H and O–H groups in total. The van der Waals surface area contributed by atoms with E-state index < -0.39 is 4.92 Å². The third-order valence-corrected chi connectivity index (χ3v) is 4.41. The SMILES string of the molecule is CN(C)CCN(Cc1ccccc1)C(=O)c1ccc(-n2cncn2)c([N+](=O)[O-])c1. The Kier molecular flexibility index (Phi) is 6.30. The number of aromatic nitrogens is 3. The van der Waals surface area contributed by atoms with Crippen LogP contribution in [-0.4, -0.2) is 62.6 Å². The Balaban J connectivity index is 1.91. The van der Waals surface area contributed by atoms with E-state index in [0.29, 0.717) is 19.6 Å². The predicted octanol–water partition coefficient (Wildman–Crippen LogP) is 2.38. The molecule has 2 aromatic carbocycles. The second-order valence-corrected chi connectivity index (χ2v) is 6.82. The molecule has 0 spiro atoms. The Morgan fingerprint density at radius 3 is 2.52 bits per heavy atom. The zero-order chi connectivity index (χ0) is 20.8. The maximum Gasteiger partial charge on any atom is 0.295 e. The molecule has 1 amide bonds. The summed E-state index contributed by atoms with van der Waals surface area (Å²) in [5, 5.41) is 15.5. The molecule has 3 aromatic rings. The van der Waals surface area contributed by atoms with Crippen molar-refractivity contribution in [3.63, 3.8) is 0 Å². The second kappa shape index (κ2) is 9.07. The Morgan fingerprint density at radius 1 is 1.14 bits per heavy atom. The van der Waals surface area contributed by atoms with E-state index in [1.165, 1.54) is 29.5 Å². The van der Waals surface area contributed by atoms with E-state index in [1.807, 2.05) is 49.3 Å². The summed E-state index contributed by atoms with van der Waals surface area (Å²) in [5.41, 5.74) is 1.31. The number of hydrogen-bond acceptors (Lipinski definition) is 6. The maximum absolute atomic E-state index is 13.2. The van der Waals surface area contributed by atoms with Gasteiger partial charge in [-0.15, -0.1) is 0 Å². The van der Waals surface area contributed by atoms with Crippen LogP contribution in [0, 0.1) is 10.1 Å². The number of likely N-dealkylation sites (N-methyl/N-ethyl adjacent to an activating group) is 1. The number of nitrogens with zero attached hydrogens (tertiary/aromatic N) is 6. The minimum Gasteiger partial charge on any atom is -0.333 e. The molecule has 0 unspecified atom stereocenters. The van der Waals surface area contributed by atoms with E-state index in [2.05, 4.69) is 10.1 Å². The molecule has 150 valence electrons. The maximum atomic E-state index is 13.2. The van der Waals surface area contributed by atoms with E-state index in [0.717, 1.165) is 5.56 Å². The van der Waals surface area contributed by atoms with Gasteiger partial charge in [-0.25, -0.2) is 9.67 Å². The summed E-state index contributed by atoms with van der Waals surface area (Å²) in [6.07, 6.45) is 2.67. The summed E-state index contributed by atoms with van der Waals surface area (Å²) in [7, 11) is 3.87. The molecule has 0 saturated carbocycles. The van der Waals surface area contributed by atoms with Gasteiger partial charge in [-0.3, -0.25) is 14.9 Å². The van der Waals surface area contributed by atoms with Crippen molar-refractivity contribution in [3.05, 3.63) is 82.4 Å². The van der Waals surface area contributed by atoms with E-state index in [4.69, 9.17) is 0 Å². The molecule has 1 heterocycles. The first-order valence-corrected chi connectivity index (χ1v) is 9.07. The number of hydrogen-bond donors (Lipinski definition) is 0. The molecule has 29 heavy (non-hydrogen) atoms. The van der Waals surface area contributed by atoms with Crippen LogP contribution in [0.1, 0.15) is 15.9 Å². The molecule has 0 aliphatic carbocycles. The fourth-order valence-corrected chi connectivity index (χ4v) is 2.89. The van der Waals surface area contributed by atoms with Gasteiger partial charge in [-0.05, 0) is 31.8 Å². The predicted molar refractivity (Wildman–Crippen MR) is 108 cm³/mol. The lowest BCUT2D eigenvalue weighted by atomic mass is 10.1. The smallest absolute Gasteiger partial charge is 0.295 e. The number of rotatable bonds is 8. The topological polar surface area (TPSA) is 97.4 Å². The molecule has 0 atom stereocenters. The number of nitro groups is 1. The van der Waals surface area contributed by atoms with E-state index >= 15 is 0 Å².